The third kappa shape index (κ3) is 5.09. The fourth-order valence-electron chi connectivity index (χ4n) is 6.55. The Morgan fingerprint density at radius 3 is 1.82 bits per heavy atom. The molecule has 2 aromatic heterocycles. The van der Waals surface area contributed by atoms with Gasteiger partial charge in [-0.25, -0.2) is 15.0 Å². The smallest absolute Gasteiger partial charge is 0.164 e. The van der Waals surface area contributed by atoms with Crippen molar-refractivity contribution in [3.8, 4) is 62.5 Å². The Bertz CT molecular complexity index is 2720. The van der Waals surface area contributed by atoms with E-state index in [1.54, 1.807) is 0 Å². The zero-order valence-electron chi connectivity index (χ0n) is 26.2. The Kier molecular flexibility index (Phi) is 6.78. The van der Waals surface area contributed by atoms with E-state index in [0.717, 1.165) is 71.7 Å². The first-order valence-corrected chi connectivity index (χ1v) is 16.1. The molecule has 9 rings (SSSR count). The Morgan fingerprint density at radius 1 is 0.429 bits per heavy atom. The van der Waals surface area contributed by atoms with Crippen molar-refractivity contribution in [2.24, 2.45) is 0 Å². The van der Waals surface area contributed by atoms with Gasteiger partial charge in [0.05, 0.1) is 11.6 Å². The van der Waals surface area contributed by atoms with Crippen molar-refractivity contribution in [3.63, 3.8) is 0 Å². The van der Waals surface area contributed by atoms with Crippen molar-refractivity contribution in [2.45, 2.75) is 0 Å². The first-order valence-electron chi connectivity index (χ1n) is 16.1. The summed E-state index contributed by atoms with van der Waals surface area (Å²) in [5, 5.41) is 14.0. The standard InChI is InChI=1S/C44H26N4O/c45-27-35-13-6-7-14-36(35)30-18-20-31(21-19-30)42-46-43(33-22-17-28-9-4-5-12-32(28)25-33)48-44(47-42)34-23-24-38-40(26-34)49-39-16-8-15-37(41(38)39)29-10-2-1-3-11-29/h1-26H. The van der Waals surface area contributed by atoms with Crippen LogP contribution in [0.25, 0.3) is 89.1 Å². The molecule has 2 heterocycles. The van der Waals surface area contributed by atoms with Gasteiger partial charge in [-0.15, -0.1) is 0 Å². The molecule has 7 aromatic carbocycles. The minimum absolute atomic E-state index is 0.553. The van der Waals surface area contributed by atoms with Gasteiger partial charge in [-0.05, 0) is 63.4 Å². The van der Waals surface area contributed by atoms with Crippen LogP contribution in [0.15, 0.2) is 162 Å². The van der Waals surface area contributed by atoms with Gasteiger partial charge in [0.1, 0.15) is 11.2 Å². The lowest BCUT2D eigenvalue weighted by molar-refractivity contribution is 0.669. The van der Waals surface area contributed by atoms with Crippen LogP contribution in [0.4, 0.5) is 0 Å². The van der Waals surface area contributed by atoms with Gasteiger partial charge in [-0.2, -0.15) is 5.26 Å². The highest BCUT2D eigenvalue weighted by Crippen LogP contribution is 2.38. The summed E-state index contributed by atoms with van der Waals surface area (Å²) < 4.78 is 6.43. The molecule has 0 aliphatic heterocycles. The van der Waals surface area contributed by atoms with Crippen molar-refractivity contribution < 1.29 is 4.42 Å². The maximum atomic E-state index is 9.65. The molecule has 0 aliphatic rings. The second-order valence-corrected chi connectivity index (χ2v) is 12.0. The van der Waals surface area contributed by atoms with Crippen LogP contribution >= 0.6 is 0 Å². The number of nitrogens with zero attached hydrogens (tertiary/aromatic N) is 4. The number of hydrogen-bond acceptors (Lipinski definition) is 5. The highest BCUT2D eigenvalue weighted by Gasteiger charge is 2.17. The molecule has 0 aliphatic carbocycles. The van der Waals surface area contributed by atoms with E-state index in [1.807, 2.05) is 84.9 Å². The molecule has 0 saturated carbocycles. The quantitative estimate of drug-likeness (QED) is 0.190. The van der Waals surface area contributed by atoms with Crippen molar-refractivity contribution >= 4 is 32.7 Å². The molecule has 5 heteroatoms. The van der Waals surface area contributed by atoms with Gasteiger partial charge < -0.3 is 4.42 Å². The Morgan fingerprint density at radius 2 is 1.02 bits per heavy atom. The third-order valence-electron chi connectivity index (χ3n) is 8.98. The molecule has 0 saturated heterocycles. The summed E-state index contributed by atoms with van der Waals surface area (Å²) >= 11 is 0. The highest BCUT2D eigenvalue weighted by atomic mass is 16.3. The molecule has 0 N–H and O–H groups in total. The fraction of sp³-hybridized carbons (Fsp3) is 0. The summed E-state index contributed by atoms with van der Waals surface area (Å²) in [6, 6.07) is 55.2. The zero-order chi connectivity index (χ0) is 32.7. The van der Waals surface area contributed by atoms with Crippen LogP contribution in [-0.2, 0) is 0 Å². The minimum Gasteiger partial charge on any atom is -0.456 e. The van der Waals surface area contributed by atoms with E-state index < -0.39 is 0 Å². The maximum absolute atomic E-state index is 9.65. The van der Waals surface area contributed by atoms with Crippen LogP contribution in [0.1, 0.15) is 5.56 Å². The second-order valence-electron chi connectivity index (χ2n) is 12.0. The molecule has 0 fully saturated rings. The van der Waals surface area contributed by atoms with Gasteiger partial charge in [0.15, 0.2) is 17.5 Å². The SMILES string of the molecule is N#Cc1ccccc1-c1ccc(-c2nc(-c3ccc4ccccc4c3)nc(-c3ccc4c(c3)oc3cccc(-c5ccccc5)c34)n2)cc1. The minimum atomic E-state index is 0.553. The summed E-state index contributed by atoms with van der Waals surface area (Å²) in [4.78, 5) is 15.0. The van der Waals surface area contributed by atoms with Crippen LogP contribution in [0.2, 0.25) is 0 Å². The van der Waals surface area contributed by atoms with E-state index in [0.29, 0.717) is 23.0 Å². The summed E-state index contributed by atoms with van der Waals surface area (Å²) in [5.74, 6) is 1.70. The molecular formula is C44H26N4O. The summed E-state index contributed by atoms with van der Waals surface area (Å²) in [6.45, 7) is 0. The summed E-state index contributed by atoms with van der Waals surface area (Å²) in [6.07, 6.45) is 0. The van der Waals surface area contributed by atoms with Crippen molar-refractivity contribution in [1.82, 2.24) is 15.0 Å². The molecule has 5 nitrogen and oxygen atoms in total. The molecule has 0 atom stereocenters. The van der Waals surface area contributed by atoms with Gasteiger partial charge in [0, 0.05) is 27.5 Å². The topological polar surface area (TPSA) is 75.6 Å². The number of fused-ring (bicyclic) bond motifs is 4. The lowest BCUT2D eigenvalue weighted by Crippen LogP contribution is -2.00. The molecule has 0 spiro atoms. The van der Waals surface area contributed by atoms with Gasteiger partial charge in [0.2, 0.25) is 0 Å². The van der Waals surface area contributed by atoms with E-state index >= 15 is 0 Å². The van der Waals surface area contributed by atoms with Gasteiger partial charge in [-0.1, -0.05) is 127 Å². The normalized spacial score (nSPS) is 11.2. The molecule has 49 heavy (non-hydrogen) atoms. The molecule has 0 unspecified atom stereocenters. The lowest BCUT2D eigenvalue weighted by Gasteiger charge is -2.10. The van der Waals surface area contributed by atoms with Crippen molar-refractivity contribution in [2.75, 3.05) is 0 Å². The molecule has 0 bridgehead atoms. The number of benzene rings is 7. The molecule has 0 amide bonds. The molecule has 228 valence electrons. The van der Waals surface area contributed by atoms with Gasteiger partial charge in [-0.3, -0.25) is 0 Å². The third-order valence-corrected chi connectivity index (χ3v) is 8.98. The van der Waals surface area contributed by atoms with E-state index in [4.69, 9.17) is 19.4 Å². The zero-order valence-corrected chi connectivity index (χ0v) is 26.2. The van der Waals surface area contributed by atoms with Gasteiger partial charge >= 0.3 is 0 Å². The van der Waals surface area contributed by atoms with E-state index in [2.05, 4.69) is 78.9 Å². The van der Waals surface area contributed by atoms with Crippen LogP contribution < -0.4 is 0 Å². The fourth-order valence-corrected chi connectivity index (χ4v) is 6.55. The molecule has 0 radical (unpaired) electrons. The van der Waals surface area contributed by atoms with Crippen LogP contribution in [-0.4, -0.2) is 15.0 Å². The summed E-state index contributed by atoms with van der Waals surface area (Å²) in [5.41, 5.74) is 8.93. The molecular weight excluding hydrogens is 601 g/mol. The largest absolute Gasteiger partial charge is 0.456 e. The van der Waals surface area contributed by atoms with Crippen LogP contribution in [0.5, 0.6) is 0 Å². The number of nitriles is 1. The maximum Gasteiger partial charge on any atom is 0.164 e. The predicted molar refractivity (Wildman–Crippen MR) is 197 cm³/mol. The molecule has 9 aromatic rings. The van der Waals surface area contributed by atoms with Crippen LogP contribution in [0.3, 0.4) is 0 Å². The highest BCUT2D eigenvalue weighted by molar-refractivity contribution is 6.13. The van der Waals surface area contributed by atoms with Crippen molar-refractivity contribution in [3.05, 3.63) is 163 Å². The Hall–Kier alpha value is -6.90. The lowest BCUT2D eigenvalue weighted by atomic mass is 9.99. The monoisotopic (exact) mass is 626 g/mol. The first-order chi connectivity index (χ1) is 24.2. The second kappa shape index (κ2) is 11.7. The first kappa shape index (κ1) is 28.3. The Balaban J connectivity index is 1.19. The summed E-state index contributed by atoms with van der Waals surface area (Å²) in [7, 11) is 0. The number of furan rings is 1. The van der Waals surface area contributed by atoms with Crippen LogP contribution in [0, 0.1) is 11.3 Å². The van der Waals surface area contributed by atoms with E-state index in [-0.39, 0.29) is 0 Å². The number of hydrogen-bond donors (Lipinski definition) is 0. The average molecular weight is 627 g/mol. The number of rotatable bonds is 5. The van der Waals surface area contributed by atoms with Gasteiger partial charge in [0.25, 0.3) is 0 Å². The Labute approximate surface area is 282 Å². The average Bonchev–Trinajstić information content (AvgIpc) is 3.56. The van der Waals surface area contributed by atoms with E-state index in [1.165, 1.54) is 0 Å². The number of aromatic nitrogens is 3. The van der Waals surface area contributed by atoms with E-state index in [9.17, 15) is 5.26 Å². The predicted octanol–water partition coefficient (Wildman–Crippen LogP) is 11.1. The van der Waals surface area contributed by atoms with Crippen molar-refractivity contribution in [1.29, 1.82) is 5.26 Å².